The maximum Gasteiger partial charge on any atom is 0.224 e. The molecule has 19 heavy (non-hydrogen) atoms. The number of rotatable bonds is 3. The van der Waals surface area contributed by atoms with Gasteiger partial charge in [-0.1, -0.05) is 19.1 Å². The van der Waals surface area contributed by atoms with Crippen LogP contribution in [-0.2, 0) is 11.2 Å². The van der Waals surface area contributed by atoms with Crippen molar-refractivity contribution in [2.24, 2.45) is 5.92 Å². The number of hydrogen-bond acceptors (Lipinski definition) is 2. The van der Waals surface area contributed by atoms with Crippen LogP contribution in [0.25, 0.3) is 0 Å². The van der Waals surface area contributed by atoms with Gasteiger partial charge < -0.3 is 11.1 Å². The van der Waals surface area contributed by atoms with Gasteiger partial charge in [0.05, 0.1) is 6.42 Å². The van der Waals surface area contributed by atoms with Crippen molar-refractivity contribution in [3.63, 3.8) is 0 Å². The molecule has 0 saturated heterocycles. The average Bonchev–Trinajstić information content (AvgIpc) is 2.36. The van der Waals surface area contributed by atoms with E-state index < -0.39 is 0 Å². The third-order valence-corrected chi connectivity index (χ3v) is 4.03. The maximum atomic E-state index is 12.0. The van der Waals surface area contributed by atoms with Gasteiger partial charge in [0.25, 0.3) is 0 Å². The number of nitrogens with two attached hydrogens (primary N) is 1. The van der Waals surface area contributed by atoms with Crippen LogP contribution in [0.3, 0.4) is 0 Å². The monoisotopic (exact) mass is 260 g/mol. The van der Waals surface area contributed by atoms with Gasteiger partial charge in [-0.05, 0) is 55.7 Å². The second kappa shape index (κ2) is 6.09. The molecule has 3 N–H and O–H groups in total. The normalized spacial score (nSPS) is 23.1. The molecule has 0 aliphatic heterocycles. The zero-order chi connectivity index (χ0) is 13.8. The first-order chi connectivity index (χ1) is 9.04. The first kappa shape index (κ1) is 13.9. The van der Waals surface area contributed by atoms with E-state index in [0.29, 0.717) is 18.2 Å². The summed E-state index contributed by atoms with van der Waals surface area (Å²) < 4.78 is 0. The lowest BCUT2D eigenvalue weighted by Gasteiger charge is -2.27. The van der Waals surface area contributed by atoms with Gasteiger partial charge in [0.1, 0.15) is 0 Å². The molecule has 1 aromatic rings. The molecular weight excluding hydrogens is 236 g/mol. The maximum absolute atomic E-state index is 12.0. The number of amides is 1. The van der Waals surface area contributed by atoms with Crippen LogP contribution in [0.2, 0.25) is 0 Å². The number of carbonyl (C=O) groups excluding carboxylic acids is 1. The molecule has 3 nitrogen and oxygen atoms in total. The highest BCUT2D eigenvalue weighted by Gasteiger charge is 2.19. The van der Waals surface area contributed by atoms with Gasteiger partial charge in [-0.2, -0.15) is 0 Å². The van der Waals surface area contributed by atoms with E-state index in [2.05, 4.69) is 12.2 Å². The highest BCUT2D eigenvalue weighted by molar-refractivity contribution is 5.80. The Labute approximate surface area is 115 Å². The number of benzene rings is 1. The number of aryl methyl sites for hydroxylation is 1. The minimum atomic E-state index is 0.0927. The third kappa shape index (κ3) is 3.98. The fourth-order valence-corrected chi connectivity index (χ4v) is 2.73. The average molecular weight is 260 g/mol. The molecule has 0 heterocycles. The topological polar surface area (TPSA) is 55.1 Å². The highest BCUT2D eigenvalue weighted by atomic mass is 16.1. The molecule has 1 aliphatic carbocycles. The highest BCUT2D eigenvalue weighted by Crippen LogP contribution is 2.23. The Balaban J connectivity index is 1.87. The molecule has 1 amide bonds. The van der Waals surface area contributed by atoms with E-state index in [1.807, 2.05) is 25.1 Å². The quantitative estimate of drug-likeness (QED) is 0.821. The van der Waals surface area contributed by atoms with Crippen molar-refractivity contribution in [3.8, 4) is 0 Å². The summed E-state index contributed by atoms with van der Waals surface area (Å²) in [5.74, 6) is 0.899. The van der Waals surface area contributed by atoms with Crippen LogP contribution in [-0.4, -0.2) is 11.9 Å². The lowest BCUT2D eigenvalue weighted by Crippen LogP contribution is -2.38. The summed E-state index contributed by atoms with van der Waals surface area (Å²) in [6.45, 7) is 4.29. The van der Waals surface area contributed by atoms with E-state index in [1.165, 1.54) is 12.8 Å². The van der Waals surface area contributed by atoms with Gasteiger partial charge in [0, 0.05) is 11.7 Å². The second-order valence-electron chi connectivity index (χ2n) is 5.90. The molecule has 1 aromatic carbocycles. The molecule has 1 aliphatic rings. The first-order valence-electron chi connectivity index (χ1n) is 7.19. The van der Waals surface area contributed by atoms with Gasteiger partial charge >= 0.3 is 0 Å². The van der Waals surface area contributed by atoms with E-state index >= 15 is 0 Å². The molecule has 0 spiro atoms. The molecule has 0 bridgehead atoms. The Kier molecular flexibility index (Phi) is 4.46. The fraction of sp³-hybridized carbons (Fsp3) is 0.562. The van der Waals surface area contributed by atoms with Crippen LogP contribution in [0.5, 0.6) is 0 Å². The molecule has 0 radical (unpaired) electrons. The summed E-state index contributed by atoms with van der Waals surface area (Å²) in [6, 6.07) is 6.23. The Hall–Kier alpha value is -1.51. The molecule has 2 rings (SSSR count). The number of nitrogen functional groups attached to an aromatic ring is 1. The molecule has 1 saturated carbocycles. The van der Waals surface area contributed by atoms with Crippen molar-refractivity contribution in [1.82, 2.24) is 5.32 Å². The number of nitrogens with one attached hydrogen (secondary N) is 1. The fourth-order valence-electron chi connectivity index (χ4n) is 2.73. The first-order valence-corrected chi connectivity index (χ1v) is 7.19. The molecule has 0 aromatic heterocycles. The molecule has 0 atom stereocenters. The van der Waals surface area contributed by atoms with Crippen LogP contribution in [0, 0.1) is 12.8 Å². The standard InChI is InChI=1S/C16H24N2O/c1-11-4-7-14(8-5-11)18-16(19)10-13-6-3-12(2)9-15(13)17/h3,6,9,11,14H,4-5,7-8,10,17H2,1-2H3,(H,18,19). The van der Waals surface area contributed by atoms with E-state index in [9.17, 15) is 4.79 Å². The lowest BCUT2D eigenvalue weighted by molar-refractivity contribution is -0.121. The summed E-state index contributed by atoms with van der Waals surface area (Å²) in [6.07, 6.45) is 5.04. The van der Waals surface area contributed by atoms with Crippen molar-refractivity contribution < 1.29 is 4.79 Å². The van der Waals surface area contributed by atoms with Crippen molar-refractivity contribution in [2.75, 3.05) is 5.73 Å². The van der Waals surface area contributed by atoms with E-state index in [-0.39, 0.29) is 5.91 Å². The van der Waals surface area contributed by atoms with Gasteiger partial charge in [-0.3, -0.25) is 4.79 Å². The predicted octanol–water partition coefficient (Wildman–Crippen LogP) is 2.81. The van der Waals surface area contributed by atoms with Crippen molar-refractivity contribution in [3.05, 3.63) is 29.3 Å². The summed E-state index contributed by atoms with van der Waals surface area (Å²) in [7, 11) is 0. The SMILES string of the molecule is Cc1ccc(CC(=O)NC2CCC(C)CC2)c(N)c1. The summed E-state index contributed by atoms with van der Waals surface area (Å²) in [5, 5.41) is 3.14. The zero-order valence-corrected chi connectivity index (χ0v) is 11.9. The third-order valence-electron chi connectivity index (χ3n) is 4.03. The molecule has 1 fully saturated rings. The zero-order valence-electron chi connectivity index (χ0n) is 11.9. The Bertz CT molecular complexity index is 448. The molecule has 0 unspecified atom stereocenters. The van der Waals surface area contributed by atoms with Crippen LogP contribution in [0.1, 0.15) is 43.7 Å². The van der Waals surface area contributed by atoms with E-state index in [0.717, 1.165) is 29.9 Å². The smallest absolute Gasteiger partial charge is 0.224 e. The van der Waals surface area contributed by atoms with Gasteiger partial charge in [0.2, 0.25) is 5.91 Å². The van der Waals surface area contributed by atoms with Crippen molar-refractivity contribution in [2.45, 2.75) is 52.0 Å². The number of hydrogen-bond donors (Lipinski definition) is 2. The number of carbonyl (C=O) groups is 1. The van der Waals surface area contributed by atoms with Crippen LogP contribution >= 0.6 is 0 Å². The van der Waals surface area contributed by atoms with Crippen LogP contribution < -0.4 is 11.1 Å². The molecular formula is C16H24N2O. The summed E-state index contributed by atoms with van der Waals surface area (Å²) >= 11 is 0. The lowest BCUT2D eigenvalue weighted by atomic mass is 9.87. The predicted molar refractivity (Wildman–Crippen MR) is 78.9 cm³/mol. The Morgan fingerprint density at radius 1 is 1.32 bits per heavy atom. The summed E-state index contributed by atoms with van der Waals surface area (Å²) in [5.41, 5.74) is 8.71. The van der Waals surface area contributed by atoms with Gasteiger partial charge in [-0.15, -0.1) is 0 Å². The van der Waals surface area contributed by atoms with Gasteiger partial charge in [0.15, 0.2) is 0 Å². The van der Waals surface area contributed by atoms with Crippen LogP contribution in [0.15, 0.2) is 18.2 Å². The Morgan fingerprint density at radius 2 is 2.00 bits per heavy atom. The second-order valence-corrected chi connectivity index (χ2v) is 5.90. The number of anilines is 1. The van der Waals surface area contributed by atoms with Crippen molar-refractivity contribution in [1.29, 1.82) is 0 Å². The van der Waals surface area contributed by atoms with Crippen molar-refractivity contribution >= 4 is 11.6 Å². The van der Waals surface area contributed by atoms with E-state index in [4.69, 9.17) is 5.73 Å². The summed E-state index contributed by atoms with van der Waals surface area (Å²) in [4.78, 5) is 12.0. The largest absolute Gasteiger partial charge is 0.398 e. The minimum Gasteiger partial charge on any atom is -0.398 e. The van der Waals surface area contributed by atoms with Gasteiger partial charge in [-0.25, -0.2) is 0 Å². The Morgan fingerprint density at radius 3 is 2.63 bits per heavy atom. The minimum absolute atomic E-state index is 0.0927. The van der Waals surface area contributed by atoms with Crippen LogP contribution in [0.4, 0.5) is 5.69 Å². The molecule has 3 heteroatoms. The van der Waals surface area contributed by atoms with E-state index in [1.54, 1.807) is 0 Å². The molecule has 104 valence electrons.